The summed E-state index contributed by atoms with van der Waals surface area (Å²) < 4.78 is 5.37. The van der Waals surface area contributed by atoms with Gasteiger partial charge >= 0.3 is 0 Å². The molecule has 1 N–H and O–H groups in total. The Morgan fingerprint density at radius 1 is 1.35 bits per heavy atom. The van der Waals surface area contributed by atoms with Gasteiger partial charge < -0.3 is 15.0 Å². The molecule has 0 aliphatic rings. The van der Waals surface area contributed by atoms with E-state index in [0.29, 0.717) is 5.95 Å². The van der Waals surface area contributed by atoms with Gasteiger partial charge in [-0.3, -0.25) is 0 Å². The molecule has 1 rings (SSSR count). The molecule has 0 radical (unpaired) electrons. The van der Waals surface area contributed by atoms with Crippen LogP contribution >= 0.6 is 0 Å². The minimum Gasteiger partial charge on any atom is -0.380 e. The van der Waals surface area contributed by atoms with E-state index in [1.165, 1.54) is 0 Å². The zero-order chi connectivity index (χ0) is 12.7. The standard InChI is InChI=1S/C12H22N4O/c1-5-16(7-8-17-6-2)11-9-10(3)14-12(13-4)15-11/h9H,5-8H2,1-4H3,(H,13,14,15). The van der Waals surface area contributed by atoms with Crippen LogP contribution in [0.4, 0.5) is 11.8 Å². The summed E-state index contributed by atoms with van der Waals surface area (Å²) in [7, 11) is 1.83. The first-order valence-electron chi connectivity index (χ1n) is 6.07. The van der Waals surface area contributed by atoms with E-state index in [9.17, 15) is 0 Å². The molecule has 96 valence electrons. The van der Waals surface area contributed by atoms with Crippen molar-refractivity contribution in [1.29, 1.82) is 0 Å². The number of rotatable bonds is 7. The van der Waals surface area contributed by atoms with Gasteiger partial charge in [0, 0.05) is 38.5 Å². The van der Waals surface area contributed by atoms with Gasteiger partial charge in [0.05, 0.1) is 6.61 Å². The first-order valence-corrected chi connectivity index (χ1v) is 6.07. The third kappa shape index (κ3) is 4.19. The van der Waals surface area contributed by atoms with Gasteiger partial charge in [-0.1, -0.05) is 0 Å². The Bertz CT molecular complexity index is 343. The highest BCUT2D eigenvalue weighted by atomic mass is 16.5. The zero-order valence-electron chi connectivity index (χ0n) is 11.2. The van der Waals surface area contributed by atoms with E-state index in [1.54, 1.807) is 0 Å². The molecule has 0 atom stereocenters. The second-order valence-electron chi connectivity index (χ2n) is 3.72. The van der Waals surface area contributed by atoms with Crippen LogP contribution in [-0.4, -0.2) is 43.3 Å². The number of anilines is 2. The van der Waals surface area contributed by atoms with Crippen LogP contribution in [0.3, 0.4) is 0 Å². The molecular weight excluding hydrogens is 216 g/mol. The maximum absolute atomic E-state index is 5.37. The van der Waals surface area contributed by atoms with Crippen molar-refractivity contribution >= 4 is 11.8 Å². The largest absolute Gasteiger partial charge is 0.380 e. The van der Waals surface area contributed by atoms with Gasteiger partial charge in [0.15, 0.2) is 0 Å². The monoisotopic (exact) mass is 238 g/mol. The Labute approximate surface area is 103 Å². The van der Waals surface area contributed by atoms with Gasteiger partial charge in [-0.25, -0.2) is 4.98 Å². The van der Waals surface area contributed by atoms with Gasteiger partial charge in [0.2, 0.25) is 5.95 Å². The molecule has 0 unspecified atom stereocenters. The SMILES string of the molecule is CCOCCN(CC)c1cc(C)nc(NC)n1. The van der Waals surface area contributed by atoms with Crippen LogP contribution in [0.5, 0.6) is 0 Å². The highest BCUT2D eigenvalue weighted by molar-refractivity contribution is 5.44. The van der Waals surface area contributed by atoms with Crippen molar-refractivity contribution in [3.05, 3.63) is 11.8 Å². The second kappa shape index (κ2) is 7.06. The summed E-state index contributed by atoms with van der Waals surface area (Å²) in [5.74, 6) is 1.61. The molecule has 0 saturated carbocycles. The first-order chi connectivity index (χ1) is 8.21. The molecule has 5 nitrogen and oxygen atoms in total. The fourth-order valence-corrected chi connectivity index (χ4v) is 1.58. The molecular formula is C12H22N4O. The summed E-state index contributed by atoms with van der Waals surface area (Å²) in [6, 6.07) is 2.00. The van der Waals surface area contributed by atoms with Crippen molar-refractivity contribution in [2.75, 3.05) is 43.6 Å². The number of nitrogens with zero attached hydrogens (tertiary/aromatic N) is 3. The summed E-state index contributed by atoms with van der Waals surface area (Å²) in [4.78, 5) is 10.9. The normalized spacial score (nSPS) is 10.4. The molecule has 0 aliphatic carbocycles. The second-order valence-corrected chi connectivity index (χ2v) is 3.72. The van der Waals surface area contributed by atoms with Gasteiger partial charge in [-0.05, 0) is 20.8 Å². The summed E-state index contributed by atoms with van der Waals surface area (Å²) >= 11 is 0. The first kappa shape index (κ1) is 13.7. The predicted molar refractivity (Wildman–Crippen MR) is 70.7 cm³/mol. The fourth-order valence-electron chi connectivity index (χ4n) is 1.58. The molecule has 0 fully saturated rings. The summed E-state index contributed by atoms with van der Waals surface area (Å²) in [6.07, 6.45) is 0. The van der Waals surface area contributed by atoms with E-state index in [-0.39, 0.29) is 0 Å². The lowest BCUT2D eigenvalue weighted by Gasteiger charge is -2.22. The molecule has 0 aliphatic heterocycles. The van der Waals surface area contributed by atoms with Crippen molar-refractivity contribution in [1.82, 2.24) is 9.97 Å². The quantitative estimate of drug-likeness (QED) is 0.733. The Morgan fingerprint density at radius 3 is 2.71 bits per heavy atom. The van der Waals surface area contributed by atoms with Crippen LogP contribution in [-0.2, 0) is 4.74 Å². The van der Waals surface area contributed by atoms with E-state index >= 15 is 0 Å². The Kier molecular flexibility index (Phi) is 5.69. The third-order valence-electron chi connectivity index (χ3n) is 2.48. The molecule has 0 aromatic carbocycles. The van der Waals surface area contributed by atoms with Crippen LogP contribution in [0.25, 0.3) is 0 Å². The van der Waals surface area contributed by atoms with Gasteiger partial charge in [0.25, 0.3) is 0 Å². The molecule has 0 bridgehead atoms. The number of hydrogen-bond donors (Lipinski definition) is 1. The minimum absolute atomic E-state index is 0.662. The smallest absolute Gasteiger partial charge is 0.224 e. The van der Waals surface area contributed by atoms with Crippen LogP contribution in [0, 0.1) is 6.92 Å². The third-order valence-corrected chi connectivity index (χ3v) is 2.48. The Morgan fingerprint density at radius 2 is 2.12 bits per heavy atom. The number of aryl methyl sites for hydroxylation is 1. The average Bonchev–Trinajstić information content (AvgIpc) is 2.34. The summed E-state index contributed by atoms with van der Waals surface area (Å²) in [6.45, 7) is 9.33. The van der Waals surface area contributed by atoms with Crippen LogP contribution in [0.15, 0.2) is 6.07 Å². The predicted octanol–water partition coefficient (Wildman–Crippen LogP) is 1.69. The van der Waals surface area contributed by atoms with Crippen molar-refractivity contribution < 1.29 is 4.74 Å². The fraction of sp³-hybridized carbons (Fsp3) is 0.667. The van der Waals surface area contributed by atoms with Crippen molar-refractivity contribution in [2.24, 2.45) is 0 Å². The molecule has 0 spiro atoms. The lowest BCUT2D eigenvalue weighted by molar-refractivity contribution is 0.154. The van der Waals surface area contributed by atoms with E-state index in [1.807, 2.05) is 27.0 Å². The lowest BCUT2D eigenvalue weighted by atomic mass is 10.4. The molecule has 1 aromatic rings. The number of ether oxygens (including phenoxy) is 1. The van der Waals surface area contributed by atoms with E-state index < -0.39 is 0 Å². The summed E-state index contributed by atoms with van der Waals surface area (Å²) in [5.41, 5.74) is 0.967. The molecule has 1 heterocycles. The van der Waals surface area contributed by atoms with Gasteiger partial charge in [0.1, 0.15) is 5.82 Å². The molecule has 5 heteroatoms. The number of hydrogen-bond acceptors (Lipinski definition) is 5. The van der Waals surface area contributed by atoms with Crippen molar-refractivity contribution in [2.45, 2.75) is 20.8 Å². The number of likely N-dealkylation sites (N-methyl/N-ethyl adjacent to an activating group) is 1. The molecule has 0 amide bonds. The van der Waals surface area contributed by atoms with E-state index in [4.69, 9.17) is 4.74 Å². The highest BCUT2D eigenvalue weighted by Gasteiger charge is 2.08. The minimum atomic E-state index is 0.662. The van der Waals surface area contributed by atoms with Crippen LogP contribution in [0.1, 0.15) is 19.5 Å². The Balaban J connectivity index is 2.76. The van der Waals surface area contributed by atoms with Crippen LogP contribution < -0.4 is 10.2 Å². The van der Waals surface area contributed by atoms with Gasteiger partial charge in [-0.15, -0.1) is 0 Å². The lowest BCUT2D eigenvalue weighted by Crippen LogP contribution is -2.28. The summed E-state index contributed by atoms with van der Waals surface area (Å²) in [5, 5.41) is 2.97. The topological polar surface area (TPSA) is 50.3 Å². The maximum atomic E-state index is 5.37. The maximum Gasteiger partial charge on any atom is 0.224 e. The molecule has 1 aromatic heterocycles. The Hall–Kier alpha value is -1.36. The van der Waals surface area contributed by atoms with Crippen LogP contribution in [0.2, 0.25) is 0 Å². The van der Waals surface area contributed by atoms with Gasteiger partial charge in [-0.2, -0.15) is 4.98 Å². The molecule has 17 heavy (non-hydrogen) atoms. The van der Waals surface area contributed by atoms with Crippen molar-refractivity contribution in [3.8, 4) is 0 Å². The number of aromatic nitrogens is 2. The zero-order valence-corrected chi connectivity index (χ0v) is 11.2. The van der Waals surface area contributed by atoms with E-state index in [2.05, 4.69) is 27.1 Å². The highest BCUT2D eigenvalue weighted by Crippen LogP contribution is 2.14. The van der Waals surface area contributed by atoms with E-state index in [0.717, 1.165) is 37.8 Å². The number of nitrogens with one attached hydrogen (secondary N) is 1. The van der Waals surface area contributed by atoms with Crippen molar-refractivity contribution in [3.63, 3.8) is 0 Å². The molecule has 0 saturated heterocycles. The average molecular weight is 238 g/mol.